The van der Waals surface area contributed by atoms with E-state index in [0.29, 0.717) is 6.04 Å². The van der Waals surface area contributed by atoms with E-state index in [4.69, 9.17) is 0 Å². The standard InChI is InChI=1S/C13H24N4/c1-12-10-14-17(11-12)13-4-6-16(7-5-13)9-8-15(2)3/h10-11,13H,4-9H2,1-3H3. The molecule has 0 aromatic carbocycles. The van der Waals surface area contributed by atoms with Gasteiger partial charge in [0.05, 0.1) is 12.2 Å². The maximum Gasteiger partial charge on any atom is 0.0543 e. The van der Waals surface area contributed by atoms with Crippen molar-refractivity contribution in [2.75, 3.05) is 40.3 Å². The number of hydrogen-bond donors (Lipinski definition) is 0. The molecule has 0 N–H and O–H groups in total. The number of nitrogens with zero attached hydrogens (tertiary/aromatic N) is 4. The molecular weight excluding hydrogens is 212 g/mol. The number of aromatic nitrogens is 2. The average molecular weight is 236 g/mol. The lowest BCUT2D eigenvalue weighted by molar-refractivity contribution is 0.167. The van der Waals surface area contributed by atoms with Crippen molar-refractivity contribution >= 4 is 0 Å². The van der Waals surface area contributed by atoms with Crippen molar-refractivity contribution in [3.05, 3.63) is 18.0 Å². The number of rotatable bonds is 4. The van der Waals surface area contributed by atoms with Crippen LogP contribution >= 0.6 is 0 Å². The molecule has 0 radical (unpaired) electrons. The highest BCUT2D eigenvalue weighted by molar-refractivity contribution is 5.00. The van der Waals surface area contributed by atoms with Gasteiger partial charge in [-0.1, -0.05) is 0 Å². The Labute approximate surface area is 104 Å². The van der Waals surface area contributed by atoms with Gasteiger partial charge in [0.15, 0.2) is 0 Å². The summed E-state index contributed by atoms with van der Waals surface area (Å²) in [7, 11) is 4.28. The first-order valence-corrected chi connectivity index (χ1v) is 6.53. The van der Waals surface area contributed by atoms with Gasteiger partial charge in [-0.25, -0.2) is 0 Å². The Morgan fingerprint density at radius 2 is 2.06 bits per heavy atom. The number of hydrogen-bond acceptors (Lipinski definition) is 3. The van der Waals surface area contributed by atoms with Gasteiger partial charge in [0, 0.05) is 32.4 Å². The zero-order valence-corrected chi connectivity index (χ0v) is 11.3. The largest absolute Gasteiger partial charge is 0.308 e. The number of likely N-dealkylation sites (tertiary alicyclic amines) is 1. The summed E-state index contributed by atoms with van der Waals surface area (Å²) in [5.41, 5.74) is 1.26. The molecule has 4 nitrogen and oxygen atoms in total. The summed E-state index contributed by atoms with van der Waals surface area (Å²) in [5.74, 6) is 0. The van der Waals surface area contributed by atoms with E-state index in [2.05, 4.69) is 46.8 Å². The van der Waals surface area contributed by atoms with Gasteiger partial charge < -0.3 is 9.80 Å². The molecule has 1 fully saturated rings. The zero-order valence-electron chi connectivity index (χ0n) is 11.3. The Balaban J connectivity index is 1.78. The molecule has 4 heteroatoms. The molecule has 96 valence electrons. The lowest BCUT2D eigenvalue weighted by Gasteiger charge is -2.32. The summed E-state index contributed by atoms with van der Waals surface area (Å²) in [6.07, 6.45) is 6.58. The highest BCUT2D eigenvalue weighted by atomic mass is 15.3. The van der Waals surface area contributed by atoms with Crippen molar-refractivity contribution in [1.29, 1.82) is 0 Å². The first kappa shape index (κ1) is 12.6. The Morgan fingerprint density at radius 1 is 1.35 bits per heavy atom. The average Bonchev–Trinajstić information content (AvgIpc) is 2.74. The number of piperidine rings is 1. The molecule has 1 saturated heterocycles. The predicted octanol–water partition coefficient (Wildman–Crippen LogP) is 1.39. The molecular formula is C13H24N4. The Morgan fingerprint density at radius 3 is 2.59 bits per heavy atom. The summed E-state index contributed by atoms with van der Waals surface area (Å²) in [4.78, 5) is 4.82. The molecule has 1 aromatic rings. The van der Waals surface area contributed by atoms with E-state index >= 15 is 0 Å². The van der Waals surface area contributed by atoms with Crippen LogP contribution < -0.4 is 0 Å². The zero-order chi connectivity index (χ0) is 12.3. The highest BCUT2D eigenvalue weighted by Crippen LogP contribution is 2.21. The van der Waals surface area contributed by atoms with Crippen molar-refractivity contribution in [2.24, 2.45) is 0 Å². The Bertz CT molecular complexity index is 337. The van der Waals surface area contributed by atoms with Crippen molar-refractivity contribution in [1.82, 2.24) is 19.6 Å². The quantitative estimate of drug-likeness (QED) is 0.789. The molecule has 2 rings (SSSR count). The van der Waals surface area contributed by atoms with Crippen LogP contribution in [-0.4, -0.2) is 59.9 Å². The molecule has 0 spiro atoms. The normalized spacial score (nSPS) is 19.1. The fourth-order valence-electron chi connectivity index (χ4n) is 2.38. The fraction of sp³-hybridized carbons (Fsp3) is 0.769. The third-order valence-electron chi connectivity index (χ3n) is 3.53. The van der Waals surface area contributed by atoms with Gasteiger partial charge in [-0.3, -0.25) is 4.68 Å². The SMILES string of the molecule is Cc1cnn(C2CCN(CCN(C)C)CC2)c1. The van der Waals surface area contributed by atoms with Gasteiger partial charge in [-0.15, -0.1) is 0 Å². The smallest absolute Gasteiger partial charge is 0.0543 e. The third kappa shape index (κ3) is 3.54. The van der Waals surface area contributed by atoms with Crippen LogP contribution in [0.1, 0.15) is 24.4 Å². The highest BCUT2D eigenvalue weighted by Gasteiger charge is 2.20. The maximum absolute atomic E-state index is 4.43. The first-order valence-electron chi connectivity index (χ1n) is 6.53. The third-order valence-corrected chi connectivity index (χ3v) is 3.53. The second kappa shape index (κ2) is 5.65. The van der Waals surface area contributed by atoms with Gasteiger partial charge in [0.2, 0.25) is 0 Å². The lowest BCUT2D eigenvalue weighted by Crippen LogP contribution is -2.38. The van der Waals surface area contributed by atoms with E-state index < -0.39 is 0 Å². The summed E-state index contributed by atoms with van der Waals surface area (Å²) >= 11 is 0. The van der Waals surface area contributed by atoms with E-state index in [1.165, 1.54) is 38.0 Å². The van der Waals surface area contributed by atoms with Crippen LogP contribution in [0.5, 0.6) is 0 Å². The van der Waals surface area contributed by atoms with Crippen LogP contribution in [0.3, 0.4) is 0 Å². The minimum absolute atomic E-state index is 0.610. The van der Waals surface area contributed by atoms with Crippen LogP contribution in [-0.2, 0) is 0 Å². The topological polar surface area (TPSA) is 24.3 Å². The van der Waals surface area contributed by atoms with Crippen LogP contribution in [0.15, 0.2) is 12.4 Å². The van der Waals surface area contributed by atoms with Gasteiger partial charge >= 0.3 is 0 Å². The van der Waals surface area contributed by atoms with Crippen LogP contribution in [0.4, 0.5) is 0 Å². The summed E-state index contributed by atoms with van der Waals surface area (Å²) in [6, 6.07) is 0.610. The number of aryl methyl sites for hydroxylation is 1. The minimum Gasteiger partial charge on any atom is -0.308 e. The second-order valence-corrected chi connectivity index (χ2v) is 5.37. The van der Waals surface area contributed by atoms with Crippen LogP contribution in [0, 0.1) is 6.92 Å². The van der Waals surface area contributed by atoms with E-state index in [0.717, 1.165) is 6.54 Å². The lowest BCUT2D eigenvalue weighted by atomic mass is 10.1. The molecule has 17 heavy (non-hydrogen) atoms. The monoisotopic (exact) mass is 236 g/mol. The fourth-order valence-corrected chi connectivity index (χ4v) is 2.38. The molecule has 0 unspecified atom stereocenters. The summed E-state index contributed by atoms with van der Waals surface area (Å²) < 4.78 is 2.15. The molecule has 0 aliphatic carbocycles. The van der Waals surface area contributed by atoms with Crippen molar-refractivity contribution in [3.63, 3.8) is 0 Å². The van der Waals surface area contributed by atoms with Crippen molar-refractivity contribution in [3.8, 4) is 0 Å². The van der Waals surface area contributed by atoms with E-state index in [1.807, 2.05) is 6.20 Å². The van der Waals surface area contributed by atoms with Crippen LogP contribution in [0.25, 0.3) is 0 Å². The molecule has 2 heterocycles. The molecule has 0 saturated carbocycles. The summed E-state index contributed by atoms with van der Waals surface area (Å²) in [5, 5.41) is 4.43. The first-order chi connectivity index (χ1) is 8.15. The van der Waals surface area contributed by atoms with Gasteiger partial charge in [0.25, 0.3) is 0 Å². The molecule has 0 amide bonds. The van der Waals surface area contributed by atoms with Crippen molar-refractivity contribution < 1.29 is 0 Å². The molecule has 1 aliphatic heterocycles. The molecule has 0 bridgehead atoms. The Hall–Kier alpha value is -0.870. The molecule has 1 aliphatic rings. The minimum atomic E-state index is 0.610. The van der Waals surface area contributed by atoms with Gasteiger partial charge in [0.1, 0.15) is 0 Å². The van der Waals surface area contributed by atoms with Crippen molar-refractivity contribution in [2.45, 2.75) is 25.8 Å². The van der Waals surface area contributed by atoms with Gasteiger partial charge in [-0.05, 0) is 39.4 Å². The van der Waals surface area contributed by atoms with E-state index in [-0.39, 0.29) is 0 Å². The Kier molecular flexibility index (Phi) is 4.18. The summed E-state index contributed by atoms with van der Waals surface area (Å²) in [6.45, 7) is 6.87. The molecule has 1 aromatic heterocycles. The predicted molar refractivity (Wildman–Crippen MR) is 70.2 cm³/mol. The number of likely N-dealkylation sites (N-methyl/N-ethyl adjacent to an activating group) is 1. The van der Waals surface area contributed by atoms with Crippen LogP contribution in [0.2, 0.25) is 0 Å². The maximum atomic E-state index is 4.43. The molecule has 0 atom stereocenters. The van der Waals surface area contributed by atoms with Gasteiger partial charge in [-0.2, -0.15) is 5.10 Å². The van der Waals surface area contributed by atoms with E-state index in [1.54, 1.807) is 0 Å². The van der Waals surface area contributed by atoms with E-state index in [9.17, 15) is 0 Å². The second-order valence-electron chi connectivity index (χ2n) is 5.37.